The number of phenols is 1. The Balaban J connectivity index is 0.000000543. The van der Waals surface area contributed by atoms with Crippen LogP contribution in [-0.2, 0) is 27.2 Å². The maximum Gasteiger partial charge on any atom is 0.490 e. The second kappa shape index (κ2) is 20.0. The van der Waals surface area contributed by atoms with Gasteiger partial charge >= 0.3 is 29.2 Å². The van der Waals surface area contributed by atoms with E-state index in [9.17, 15) is 45.4 Å². The number of aromatic amines is 1. The Hall–Kier alpha value is -4.23. The first kappa shape index (κ1) is 42.9. The summed E-state index contributed by atoms with van der Waals surface area (Å²) in [5.41, 5.74) is 8.11. The summed E-state index contributed by atoms with van der Waals surface area (Å²) in [5.74, 6) is -5.96. The standard InChI is InChI=1S/C28H37FN4O3S.2C2HF3O2/c29-22-9-6-20(7-10-22)12-15-32(16-14-25(30)35)18-19-33(23-4-2-1-3-5-23)17-13-21-8-11-24(34)26-27(21)37-28(36)31-26;2*3-2(4,5)1(6)7/h6-11,23,34H,1-5,12-19H2,(H2,30,35)(H,31,36);2*(H,6,7). The zero-order valence-electron chi connectivity index (χ0n) is 27.2. The minimum Gasteiger partial charge on any atom is -0.506 e. The molecule has 0 unspecified atom stereocenters. The Kier molecular flexibility index (Phi) is 16.8. The van der Waals surface area contributed by atoms with Gasteiger partial charge in [-0.2, -0.15) is 26.3 Å². The van der Waals surface area contributed by atoms with Crippen molar-refractivity contribution in [3.05, 3.63) is 63.0 Å². The molecule has 3 aromatic rings. The fourth-order valence-electron chi connectivity index (χ4n) is 5.27. The summed E-state index contributed by atoms with van der Waals surface area (Å²) < 4.78 is 77.6. The molecule has 19 heteroatoms. The van der Waals surface area contributed by atoms with Gasteiger partial charge in [0, 0.05) is 45.2 Å². The van der Waals surface area contributed by atoms with Gasteiger partial charge in [0.25, 0.3) is 0 Å². The Morgan fingerprint density at radius 3 is 1.92 bits per heavy atom. The zero-order valence-corrected chi connectivity index (χ0v) is 28.1. The highest BCUT2D eigenvalue weighted by Gasteiger charge is 2.39. The molecule has 0 atom stereocenters. The van der Waals surface area contributed by atoms with Gasteiger partial charge in [0.15, 0.2) is 0 Å². The van der Waals surface area contributed by atoms with Crippen molar-refractivity contribution in [3.63, 3.8) is 0 Å². The average molecular weight is 757 g/mol. The van der Waals surface area contributed by atoms with Crippen LogP contribution in [0.2, 0.25) is 0 Å². The van der Waals surface area contributed by atoms with E-state index in [4.69, 9.17) is 25.5 Å². The lowest BCUT2D eigenvalue weighted by Gasteiger charge is -2.36. The van der Waals surface area contributed by atoms with Crippen molar-refractivity contribution in [2.45, 2.75) is 69.8 Å². The summed E-state index contributed by atoms with van der Waals surface area (Å²) in [6.07, 6.45) is -2.18. The van der Waals surface area contributed by atoms with Gasteiger partial charge in [0.2, 0.25) is 5.91 Å². The van der Waals surface area contributed by atoms with Crippen molar-refractivity contribution in [2.24, 2.45) is 5.73 Å². The number of rotatable bonds is 13. The van der Waals surface area contributed by atoms with Crippen molar-refractivity contribution in [2.75, 3.05) is 32.7 Å². The molecule has 11 nitrogen and oxygen atoms in total. The van der Waals surface area contributed by atoms with Crippen LogP contribution in [0, 0.1) is 5.82 Å². The molecule has 6 N–H and O–H groups in total. The number of hydrogen-bond acceptors (Lipinski definition) is 8. The molecule has 1 saturated carbocycles. The van der Waals surface area contributed by atoms with Crippen molar-refractivity contribution in [3.8, 4) is 5.75 Å². The molecule has 51 heavy (non-hydrogen) atoms. The van der Waals surface area contributed by atoms with E-state index in [1.807, 2.05) is 18.2 Å². The first-order valence-corrected chi connectivity index (χ1v) is 16.5. The quantitative estimate of drug-likeness (QED) is 0.145. The Bertz CT molecular complexity index is 1600. The number of nitrogens with zero attached hydrogens (tertiary/aromatic N) is 2. The fraction of sp³-hybridized carbons (Fsp3) is 0.500. The van der Waals surface area contributed by atoms with Gasteiger partial charge in [-0.05, 0) is 55.0 Å². The van der Waals surface area contributed by atoms with E-state index in [1.165, 1.54) is 44.2 Å². The largest absolute Gasteiger partial charge is 0.506 e. The lowest BCUT2D eigenvalue weighted by molar-refractivity contribution is -0.193. The van der Waals surface area contributed by atoms with Crippen LogP contribution in [0.15, 0.2) is 41.2 Å². The van der Waals surface area contributed by atoms with Crippen LogP contribution in [-0.4, -0.2) is 99.1 Å². The topological polar surface area (TPSA) is 177 Å². The first-order valence-electron chi connectivity index (χ1n) is 15.7. The van der Waals surface area contributed by atoms with E-state index in [1.54, 1.807) is 6.07 Å². The van der Waals surface area contributed by atoms with E-state index in [2.05, 4.69) is 14.8 Å². The number of aromatic nitrogens is 1. The summed E-state index contributed by atoms with van der Waals surface area (Å²) in [7, 11) is 0. The lowest BCUT2D eigenvalue weighted by Crippen LogP contribution is -2.44. The molecule has 1 amide bonds. The average Bonchev–Trinajstić information content (AvgIpc) is 3.46. The number of phenolic OH excluding ortho intramolecular Hbond substituents is 1. The van der Waals surface area contributed by atoms with Gasteiger partial charge in [-0.25, -0.2) is 14.0 Å². The number of H-pyrrole nitrogens is 1. The van der Waals surface area contributed by atoms with Crippen molar-refractivity contribution in [1.29, 1.82) is 0 Å². The Morgan fingerprint density at radius 1 is 0.824 bits per heavy atom. The number of carboxylic acid groups (broad SMARTS) is 2. The number of carboxylic acids is 2. The lowest BCUT2D eigenvalue weighted by atomic mass is 9.93. The van der Waals surface area contributed by atoms with E-state index < -0.39 is 24.3 Å². The maximum atomic E-state index is 13.3. The molecule has 1 aliphatic rings. The van der Waals surface area contributed by atoms with Gasteiger partial charge in [-0.1, -0.05) is 48.8 Å². The molecule has 0 bridgehead atoms. The number of nitrogens with two attached hydrogens (primary N) is 1. The molecule has 0 aliphatic heterocycles. The zero-order chi connectivity index (χ0) is 38.4. The Labute approximate surface area is 291 Å². The van der Waals surface area contributed by atoms with Crippen LogP contribution < -0.4 is 10.6 Å². The predicted molar refractivity (Wildman–Crippen MR) is 174 cm³/mol. The first-order chi connectivity index (χ1) is 23.8. The molecule has 1 fully saturated rings. The van der Waals surface area contributed by atoms with Gasteiger partial charge in [0.05, 0.1) is 4.70 Å². The molecule has 1 aliphatic carbocycles. The van der Waals surface area contributed by atoms with Crippen LogP contribution in [0.5, 0.6) is 5.75 Å². The van der Waals surface area contributed by atoms with Crippen LogP contribution in [0.4, 0.5) is 30.7 Å². The third kappa shape index (κ3) is 15.7. The number of alkyl halides is 6. The number of benzene rings is 2. The maximum absolute atomic E-state index is 13.3. The molecular weight excluding hydrogens is 717 g/mol. The SMILES string of the molecule is NC(=O)CCN(CCc1ccc(F)cc1)CCN(CCc1ccc(O)c2[nH]c(=O)sc12)C1CCCCC1.O=C(O)C(F)(F)F.O=C(O)C(F)(F)F. The molecule has 0 saturated heterocycles. The second-order valence-electron chi connectivity index (χ2n) is 11.6. The number of hydrogen-bond donors (Lipinski definition) is 5. The normalized spacial score (nSPS) is 13.7. The molecule has 284 valence electrons. The highest BCUT2D eigenvalue weighted by atomic mass is 32.1. The Morgan fingerprint density at radius 2 is 1.39 bits per heavy atom. The number of thiazole rings is 1. The smallest absolute Gasteiger partial charge is 0.490 e. The van der Waals surface area contributed by atoms with Crippen molar-refractivity contribution >= 4 is 39.4 Å². The highest BCUT2D eigenvalue weighted by molar-refractivity contribution is 7.16. The molecule has 1 heterocycles. The summed E-state index contributed by atoms with van der Waals surface area (Å²) in [5, 5.41) is 24.4. The fourth-order valence-corrected chi connectivity index (χ4v) is 6.17. The summed E-state index contributed by atoms with van der Waals surface area (Å²) in [6, 6.07) is 10.7. The van der Waals surface area contributed by atoms with E-state index in [0.29, 0.717) is 24.5 Å². The summed E-state index contributed by atoms with van der Waals surface area (Å²) in [4.78, 5) is 48.6. The van der Waals surface area contributed by atoms with Crippen LogP contribution >= 0.6 is 11.3 Å². The molecule has 0 radical (unpaired) electrons. The number of carbonyl (C=O) groups is 3. The van der Waals surface area contributed by atoms with Crippen molar-refractivity contribution in [1.82, 2.24) is 14.8 Å². The third-order valence-corrected chi connectivity index (χ3v) is 8.85. The summed E-state index contributed by atoms with van der Waals surface area (Å²) >= 11 is 1.15. The van der Waals surface area contributed by atoms with Gasteiger partial charge < -0.3 is 30.9 Å². The highest BCUT2D eigenvalue weighted by Crippen LogP contribution is 2.29. The van der Waals surface area contributed by atoms with Gasteiger partial charge in [-0.15, -0.1) is 0 Å². The number of nitrogens with one attached hydrogen (secondary N) is 1. The molecule has 0 spiro atoms. The number of halogens is 7. The number of carbonyl (C=O) groups excluding carboxylic acids is 1. The summed E-state index contributed by atoms with van der Waals surface area (Å²) in [6.45, 7) is 3.92. The molecular formula is C32H39F7N4O7S. The number of amides is 1. The third-order valence-electron chi connectivity index (χ3n) is 7.89. The number of aliphatic carboxylic acids is 2. The minimum atomic E-state index is -5.08. The van der Waals surface area contributed by atoms with Crippen LogP contribution in [0.3, 0.4) is 0 Å². The second-order valence-corrected chi connectivity index (χ2v) is 12.6. The van der Waals surface area contributed by atoms with Crippen LogP contribution in [0.1, 0.15) is 49.7 Å². The van der Waals surface area contributed by atoms with E-state index in [-0.39, 0.29) is 22.3 Å². The number of primary amides is 1. The minimum absolute atomic E-state index is 0.104. The van der Waals surface area contributed by atoms with E-state index in [0.717, 1.165) is 66.2 Å². The molecule has 4 rings (SSSR count). The van der Waals surface area contributed by atoms with Gasteiger partial charge in [0.1, 0.15) is 17.1 Å². The number of aromatic hydroxyl groups is 1. The van der Waals surface area contributed by atoms with Crippen LogP contribution in [0.25, 0.3) is 10.2 Å². The van der Waals surface area contributed by atoms with E-state index >= 15 is 0 Å². The monoisotopic (exact) mass is 756 g/mol. The number of fused-ring (bicyclic) bond motifs is 1. The molecule has 1 aromatic heterocycles. The predicted octanol–water partition coefficient (Wildman–Crippen LogP) is 5.30. The van der Waals surface area contributed by atoms with Gasteiger partial charge in [-0.3, -0.25) is 14.5 Å². The van der Waals surface area contributed by atoms with Crippen molar-refractivity contribution < 1.29 is 60.4 Å². The molecule has 2 aromatic carbocycles.